The van der Waals surface area contributed by atoms with E-state index >= 15 is 0 Å². The smallest absolute Gasteiger partial charge is 0.237 e. The minimum Gasteiger partial charge on any atom is -0.496 e. The summed E-state index contributed by atoms with van der Waals surface area (Å²) in [7, 11) is 1.38. The molecule has 1 N–H and O–H groups in total. The molecule has 10 nitrogen and oxygen atoms in total. The number of aliphatic hydroxyl groups excluding tert-OH is 1. The molecule has 6 rings (SSSR count). The number of halogens is 2. The van der Waals surface area contributed by atoms with E-state index in [1.165, 1.54) is 0 Å². The Morgan fingerprint density at radius 1 is 0.982 bits per heavy atom. The van der Waals surface area contributed by atoms with Crippen LogP contribution in [0.2, 0.25) is 28.2 Å². The van der Waals surface area contributed by atoms with Crippen molar-refractivity contribution in [1.82, 2.24) is 24.8 Å². The number of Topliss-reactive ketones (excluding diaryl/α,β-unsaturated/α-hetero) is 1. The van der Waals surface area contributed by atoms with Gasteiger partial charge in [0, 0.05) is 80.7 Å². The standard InChI is InChI=1S/C42H53Cl2N5O5Si/c1-42(2,3)55(6,7)54-19-18-48-17-15-31-35(24-48)46-33(21-38(31)52-4)37(51)20-28-10-8-11-29(39(28)43)30-12-9-13-32(40(30)44)34-22-45-36(41(47-34)53-5)25-49-16-14-27(23-49)26-50/h8-13,21-22,27,50H,14-20,23-26H2,1-7H3. The number of ketones is 1. The minimum atomic E-state index is -1.84. The van der Waals surface area contributed by atoms with E-state index in [4.69, 9.17) is 52.1 Å². The van der Waals surface area contributed by atoms with Crippen LogP contribution in [0.3, 0.4) is 0 Å². The highest BCUT2D eigenvalue weighted by Gasteiger charge is 2.37. The van der Waals surface area contributed by atoms with E-state index in [0.717, 1.165) is 56.0 Å². The zero-order chi connectivity index (χ0) is 39.5. The van der Waals surface area contributed by atoms with Crippen LogP contribution in [0.1, 0.15) is 60.2 Å². The zero-order valence-electron chi connectivity index (χ0n) is 33.0. The first-order valence-electron chi connectivity index (χ1n) is 19.0. The third-order valence-corrected chi connectivity index (χ3v) is 16.8. The first kappa shape index (κ1) is 41.2. The average Bonchev–Trinajstić information content (AvgIpc) is 3.62. The quantitative estimate of drug-likeness (QED) is 0.0991. The van der Waals surface area contributed by atoms with Crippen molar-refractivity contribution in [3.8, 4) is 34.0 Å². The Bertz CT molecular complexity index is 2020. The van der Waals surface area contributed by atoms with Crippen LogP contribution < -0.4 is 9.47 Å². The lowest BCUT2D eigenvalue weighted by Gasteiger charge is -2.37. The Hall–Kier alpha value is -3.42. The van der Waals surface area contributed by atoms with Gasteiger partial charge in [0.1, 0.15) is 17.1 Å². The summed E-state index contributed by atoms with van der Waals surface area (Å²) >= 11 is 14.2. The number of methoxy groups -OCH3 is 2. The van der Waals surface area contributed by atoms with Gasteiger partial charge in [-0.25, -0.2) is 9.97 Å². The molecule has 2 aromatic heterocycles. The normalized spacial score (nSPS) is 16.7. The first-order chi connectivity index (χ1) is 26.2. The summed E-state index contributed by atoms with van der Waals surface area (Å²) in [6.07, 6.45) is 3.52. The first-order valence-corrected chi connectivity index (χ1v) is 22.7. The number of hydrogen-bond donors (Lipinski definition) is 1. The fourth-order valence-corrected chi connectivity index (χ4v) is 8.72. The Kier molecular flexibility index (Phi) is 13.0. The average molecular weight is 807 g/mol. The van der Waals surface area contributed by atoms with E-state index < -0.39 is 8.32 Å². The van der Waals surface area contributed by atoms with Crippen molar-refractivity contribution in [2.45, 2.75) is 71.3 Å². The summed E-state index contributed by atoms with van der Waals surface area (Å²) < 4.78 is 17.9. The van der Waals surface area contributed by atoms with Crippen LogP contribution in [0.25, 0.3) is 22.4 Å². The van der Waals surface area contributed by atoms with Crippen molar-refractivity contribution in [3.05, 3.63) is 86.9 Å². The number of pyridine rings is 1. The number of fused-ring (bicyclic) bond motifs is 1. The van der Waals surface area contributed by atoms with E-state index in [-0.39, 0.29) is 29.8 Å². The van der Waals surface area contributed by atoms with Crippen molar-refractivity contribution in [2.75, 3.05) is 53.6 Å². The summed E-state index contributed by atoms with van der Waals surface area (Å²) in [6, 6.07) is 13.1. The van der Waals surface area contributed by atoms with Crippen molar-refractivity contribution < 1.29 is 23.8 Å². The van der Waals surface area contributed by atoms with E-state index in [0.29, 0.717) is 75.0 Å². The number of aromatic nitrogens is 3. The number of carbonyl (C=O) groups is 1. The van der Waals surface area contributed by atoms with Gasteiger partial charge in [-0.15, -0.1) is 0 Å². The third kappa shape index (κ3) is 9.25. The fraction of sp³-hybridized carbons (Fsp3) is 0.476. The number of aliphatic hydroxyl groups is 1. The van der Waals surface area contributed by atoms with Crippen LogP contribution in [0, 0.1) is 5.92 Å². The highest BCUT2D eigenvalue weighted by molar-refractivity contribution is 6.74. The lowest BCUT2D eigenvalue weighted by atomic mass is 9.97. The predicted octanol–water partition coefficient (Wildman–Crippen LogP) is 8.15. The van der Waals surface area contributed by atoms with Gasteiger partial charge in [-0.2, -0.15) is 0 Å². The summed E-state index contributed by atoms with van der Waals surface area (Å²) in [5.41, 5.74) is 6.33. The molecule has 0 bridgehead atoms. The van der Waals surface area contributed by atoms with E-state index in [1.807, 2.05) is 36.4 Å². The van der Waals surface area contributed by atoms with Gasteiger partial charge in [0.2, 0.25) is 5.88 Å². The van der Waals surface area contributed by atoms with Crippen LogP contribution in [0.5, 0.6) is 11.6 Å². The van der Waals surface area contributed by atoms with E-state index in [9.17, 15) is 9.90 Å². The molecule has 2 aliphatic rings. The molecule has 294 valence electrons. The molecule has 1 atom stereocenters. The van der Waals surface area contributed by atoms with Gasteiger partial charge in [-0.1, -0.05) is 80.4 Å². The largest absolute Gasteiger partial charge is 0.496 e. The summed E-state index contributed by atoms with van der Waals surface area (Å²) in [4.78, 5) is 32.9. The molecule has 1 unspecified atom stereocenters. The van der Waals surface area contributed by atoms with Crippen molar-refractivity contribution in [1.29, 1.82) is 0 Å². The van der Waals surface area contributed by atoms with Gasteiger partial charge in [-0.05, 0) is 49.0 Å². The molecule has 4 aromatic rings. The van der Waals surface area contributed by atoms with Crippen LogP contribution in [0.4, 0.5) is 0 Å². The van der Waals surface area contributed by atoms with Crippen LogP contribution in [-0.2, 0) is 30.4 Å². The van der Waals surface area contributed by atoms with Gasteiger partial charge in [0.05, 0.1) is 41.8 Å². The zero-order valence-corrected chi connectivity index (χ0v) is 35.6. The van der Waals surface area contributed by atoms with E-state index in [1.54, 1.807) is 26.5 Å². The number of hydrogen-bond acceptors (Lipinski definition) is 10. The Labute approximate surface area is 336 Å². The molecule has 0 amide bonds. The van der Waals surface area contributed by atoms with Gasteiger partial charge in [0.25, 0.3) is 0 Å². The summed E-state index contributed by atoms with van der Waals surface area (Å²) in [5, 5.41) is 10.6. The molecule has 2 aliphatic heterocycles. The number of ether oxygens (including phenoxy) is 2. The third-order valence-electron chi connectivity index (χ3n) is 11.4. The van der Waals surface area contributed by atoms with Crippen LogP contribution in [-0.4, -0.2) is 97.6 Å². The topological polar surface area (TPSA) is 110 Å². The molecule has 13 heteroatoms. The molecule has 0 radical (unpaired) electrons. The molecule has 1 saturated heterocycles. The molecule has 2 aromatic carbocycles. The number of rotatable bonds is 14. The van der Waals surface area contributed by atoms with Gasteiger partial charge < -0.3 is 19.0 Å². The Morgan fingerprint density at radius 3 is 2.40 bits per heavy atom. The SMILES string of the molecule is COc1cc(C(=O)Cc2cccc(-c3cccc(-c4cnc(CN5CCC(CO)C5)c(OC)n4)c3Cl)c2Cl)nc2c1CCN(CCO[Si](C)(C)C(C)(C)C)C2. The maximum Gasteiger partial charge on any atom is 0.237 e. The molecular formula is C42H53Cl2N5O5Si. The second-order valence-electron chi connectivity index (χ2n) is 16.1. The summed E-state index contributed by atoms with van der Waals surface area (Å²) in [5.74, 6) is 1.25. The highest BCUT2D eigenvalue weighted by Crippen LogP contribution is 2.41. The lowest BCUT2D eigenvalue weighted by molar-refractivity contribution is 0.0986. The van der Waals surface area contributed by atoms with Gasteiger partial charge in [0.15, 0.2) is 14.1 Å². The molecule has 0 spiro atoms. The molecule has 4 heterocycles. The maximum absolute atomic E-state index is 13.9. The second-order valence-corrected chi connectivity index (χ2v) is 21.7. The number of carbonyl (C=O) groups excluding carboxylic acids is 1. The van der Waals surface area contributed by atoms with Crippen LogP contribution in [0.15, 0.2) is 48.7 Å². The second kappa shape index (κ2) is 17.4. The van der Waals surface area contributed by atoms with Gasteiger partial charge in [-0.3, -0.25) is 19.6 Å². The van der Waals surface area contributed by atoms with Crippen molar-refractivity contribution in [3.63, 3.8) is 0 Å². The molecule has 55 heavy (non-hydrogen) atoms. The molecule has 1 fully saturated rings. The maximum atomic E-state index is 13.9. The predicted molar refractivity (Wildman–Crippen MR) is 221 cm³/mol. The monoisotopic (exact) mass is 805 g/mol. The van der Waals surface area contributed by atoms with Crippen LogP contribution >= 0.6 is 23.2 Å². The minimum absolute atomic E-state index is 0.0587. The summed E-state index contributed by atoms with van der Waals surface area (Å²) in [6.45, 7) is 16.7. The van der Waals surface area contributed by atoms with E-state index in [2.05, 4.69) is 43.7 Å². The Balaban J connectivity index is 1.19. The molecule has 0 saturated carbocycles. The number of benzene rings is 2. The van der Waals surface area contributed by atoms with Gasteiger partial charge >= 0.3 is 0 Å². The molecule has 0 aliphatic carbocycles. The fourth-order valence-electron chi connectivity index (χ4n) is 7.06. The van der Waals surface area contributed by atoms with Crippen molar-refractivity contribution >= 4 is 37.3 Å². The number of likely N-dealkylation sites (tertiary alicyclic amines) is 1. The van der Waals surface area contributed by atoms with Crippen molar-refractivity contribution in [2.24, 2.45) is 5.92 Å². The Morgan fingerprint density at radius 2 is 1.71 bits per heavy atom. The molecular weight excluding hydrogens is 753 g/mol. The highest BCUT2D eigenvalue weighted by atomic mass is 35.5. The lowest BCUT2D eigenvalue weighted by Crippen LogP contribution is -2.43. The number of nitrogens with zero attached hydrogens (tertiary/aromatic N) is 5.